The molecule has 0 aliphatic heterocycles. The van der Waals surface area contributed by atoms with Crippen molar-refractivity contribution in [3.05, 3.63) is 0 Å². The second kappa shape index (κ2) is 11.5. The van der Waals surface area contributed by atoms with Gasteiger partial charge in [-0.05, 0) is 12.8 Å². The van der Waals surface area contributed by atoms with Gasteiger partial charge in [0, 0.05) is 12.8 Å². The molecule has 0 bridgehead atoms. The van der Waals surface area contributed by atoms with Crippen molar-refractivity contribution in [1.82, 2.24) is 21.6 Å². The van der Waals surface area contributed by atoms with E-state index in [0.29, 0.717) is 0 Å². The zero-order valence-corrected chi connectivity index (χ0v) is 13.5. The Hall–Kier alpha value is -2.97. The summed E-state index contributed by atoms with van der Waals surface area (Å²) >= 11 is 0. The summed E-state index contributed by atoms with van der Waals surface area (Å²) in [4.78, 5) is 48.9. The Balaban J connectivity index is 5.02. The molecule has 0 aromatic heterocycles. The molecular formula is C11H25N10O4+. The van der Waals surface area contributed by atoms with Gasteiger partial charge < -0.3 is 5.32 Å². The topological polar surface area (TPSA) is 260 Å². The highest BCUT2D eigenvalue weighted by Gasteiger charge is 2.26. The maximum atomic E-state index is 12.3. The highest BCUT2D eigenvalue weighted by molar-refractivity contribution is 5.90. The molecule has 1 unspecified atom stereocenters. The highest BCUT2D eigenvalue weighted by atomic mass is 16.2. The predicted molar refractivity (Wildman–Crippen MR) is 85.5 cm³/mol. The van der Waals surface area contributed by atoms with Crippen LogP contribution in [0.1, 0.15) is 25.7 Å². The van der Waals surface area contributed by atoms with Crippen LogP contribution in [0.15, 0.2) is 0 Å². The van der Waals surface area contributed by atoms with Crippen molar-refractivity contribution in [1.29, 1.82) is 0 Å². The summed E-state index contributed by atoms with van der Waals surface area (Å²) in [5.41, 5.74) is 16.3. The highest BCUT2D eigenvalue weighted by Crippen LogP contribution is 2.00. The lowest BCUT2D eigenvalue weighted by Gasteiger charge is -2.19. The lowest BCUT2D eigenvalue weighted by molar-refractivity contribution is -0.490. The molecule has 0 aliphatic rings. The van der Waals surface area contributed by atoms with E-state index >= 15 is 0 Å². The lowest BCUT2D eigenvalue weighted by Crippen LogP contribution is -2.87. The number of carbonyl (C=O) groups is 4. The van der Waals surface area contributed by atoms with E-state index in [1.165, 1.54) is 0 Å². The molecule has 14 nitrogen and oxygen atoms in total. The van der Waals surface area contributed by atoms with E-state index in [4.69, 9.17) is 29.0 Å². The largest absolute Gasteiger partial charge is 0.341 e. The van der Waals surface area contributed by atoms with Crippen LogP contribution >= 0.6 is 0 Å². The first-order valence-electron chi connectivity index (χ1n) is 7.19. The number of hydrogen-bond acceptors (Lipinski definition) is 7. The van der Waals surface area contributed by atoms with Crippen LogP contribution in [0.4, 0.5) is 0 Å². The van der Waals surface area contributed by atoms with E-state index in [0.717, 1.165) is 0 Å². The van der Waals surface area contributed by atoms with E-state index in [2.05, 4.69) is 10.3 Å². The van der Waals surface area contributed by atoms with E-state index < -0.39 is 35.7 Å². The summed E-state index contributed by atoms with van der Waals surface area (Å²) in [5.74, 6) is 12.3. The third kappa shape index (κ3) is 9.04. The fraction of sp³-hybridized carbons (Fsp3) is 0.545. The fourth-order valence-electron chi connectivity index (χ4n) is 1.81. The van der Waals surface area contributed by atoms with Crippen LogP contribution in [0.25, 0.3) is 0 Å². The number of rotatable bonds is 10. The van der Waals surface area contributed by atoms with Crippen molar-refractivity contribution in [2.45, 2.75) is 37.8 Å². The van der Waals surface area contributed by atoms with Crippen molar-refractivity contribution in [2.24, 2.45) is 29.0 Å². The van der Waals surface area contributed by atoms with E-state index in [1.54, 1.807) is 0 Å². The normalized spacial score (nSPS) is 12.3. The van der Waals surface area contributed by atoms with Crippen LogP contribution in [0, 0.1) is 0 Å². The van der Waals surface area contributed by atoms with E-state index in [1.807, 2.05) is 16.3 Å². The minimum atomic E-state index is -1.11. The first kappa shape index (κ1) is 22.0. The average Bonchev–Trinajstić information content (AvgIpc) is 2.59. The number of nitrogens with two attached hydrogens (primary N) is 5. The molecule has 0 radical (unpaired) electrons. The molecule has 0 saturated carbocycles. The molecule has 14 heteroatoms. The third-order valence-electron chi connectivity index (χ3n) is 3.07. The van der Waals surface area contributed by atoms with Gasteiger partial charge in [0.25, 0.3) is 11.8 Å². The van der Waals surface area contributed by atoms with Gasteiger partial charge in [-0.3, -0.25) is 51.9 Å². The Morgan fingerprint density at radius 3 is 1.76 bits per heavy atom. The predicted octanol–water partition coefficient (Wildman–Crippen LogP) is -7.28. The quantitative estimate of drug-likeness (QED) is 0.0581. The van der Waals surface area contributed by atoms with Gasteiger partial charge in [0.2, 0.25) is 11.8 Å². The maximum absolute atomic E-state index is 12.3. The Morgan fingerprint density at radius 2 is 1.32 bits per heavy atom. The van der Waals surface area contributed by atoms with Crippen LogP contribution in [-0.2, 0) is 19.2 Å². The second-order valence-electron chi connectivity index (χ2n) is 4.93. The number of nitrogens with one attached hydrogen (secondary N) is 5. The molecule has 15 N–H and O–H groups in total. The van der Waals surface area contributed by atoms with Gasteiger partial charge in [-0.2, -0.15) is 0 Å². The molecule has 25 heavy (non-hydrogen) atoms. The minimum Gasteiger partial charge on any atom is -0.341 e. The minimum absolute atomic E-state index is 0.00693. The summed E-state index contributed by atoms with van der Waals surface area (Å²) in [7, 11) is 0. The van der Waals surface area contributed by atoms with Crippen LogP contribution in [-0.4, -0.2) is 41.7 Å². The molecule has 0 aliphatic carbocycles. The summed E-state index contributed by atoms with van der Waals surface area (Å²) < 4.78 is 0. The van der Waals surface area contributed by atoms with Crippen LogP contribution in [0.3, 0.4) is 0 Å². The van der Waals surface area contributed by atoms with Crippen molar-refractivity contribution >= 4 is 29.6 Å². The zero-order chi connectivity index (χ0) is 19.4. The lowest BCUT2D eigenvalue weighted by atomic mass is 10.1. The zero-order valence-electron chi connectivity index (χ0n) is 13.5. The van der Waals surface area contributed by atoms with Gasteiger partial charge in [0.1, 0.15) is 6.04 Å². The van der Waals surface area contributed by atoms with Gasteiger partial charge in [-0.15, -0.1) is 0 Å². The maximum Gasteiger partial charge on any atom is 0.339 e. The molecule has 0 saturated heterocycles. The Bertz CT molecular complexity index is 519. The van der Waals surface area contributed by atoms with Gasteiger partial charge in [0.05, 0.1) is 0 Å². The summed E-state index contributed by atoms with van der Waals surface area (Å²) in [5, 5.41) is 2.39. The van der Waals surface area contributed by atoms with E-state index in [-0.39, 0.29) is 31.6 Å². The van der Waals surface area contributed by atoms with Crippen molar-refractivity contribution in [3.8, 4) is 0 Å². The van der Waals surface area contributed by atoms with Crippen LogP contribution in [0.2, 0.25) is 0 Å². The molecule has 2 atom stereocenters. The van der Waals surface area contributed by atoms with Gasteiger partial charge in [-0.25, -0.2) is 17.5 Å². The molecule has 0 aromatic rings. The molecule has 0 fully saturated rings. The summed E-state index contributed by atoms with van der Waals surface area (Å²) in [6, 6.07) is -2.12. The van der Waals surface area contributed by atoms with Crippen molar-refractivity contribution in [2.75, 3.05) is 0 Å². The Kier molecular flexibility index (Phi) is 10.2. The molecule has 0 aromatic carbocycles. The van der Waals surface area contributed by atoms with Crippen molar-refractivity contribution in [3.63, 3.8) is 0 Å². The standard InChI is InChI=1S/C11H24N10O4/c12-11(13)18-5(1-3-7(22)19-14)9(24)17-6(10(25)21-16)2-4-8(23)20-15/h5-6H,1-4,14-16H2,(H,17,24)(H,19,22)(H,20,23)(H,21,25)(H4,12,13,18)/p+1/t5?,6-/m0/s1. The number of amides is 4. The van der Waals surface area contributed by atoms with E-state index in [9.17, 15) is 19.2 Å². The summed E-state index contributed by atoms with van der Waals surface area (Å²) in [6.45, 7) is 0. The molecule has 0 rings (SSSR count). The molecule has 142 valence electrons. The summed E-state index contributed by atoms with van der Waals surface area (Å²) in [6.07, 6.45) is -0.297. The molecular weight excluding hydrogens is 336 g/mol. The Labute approximate surface area is 143 Å². The van der Waals surface area contributed by atoms with Gasteiger partial charge in [-0.1, -0.05) is 0 Å². The third-order valence-corrected chi connectivity index (χ3v) is 3.07. The van der Waals surface area contributed by atoms with Crippen LogP contribution in [0.5, 0.6) is 0 Å². The average molecular weight is 361 g/mol. The smallest absolute Gasteiger partial charge is 0.339 e. The first-order chi connectivity index (χ1) is 11.7. The number of hydrazine groups is 3. The molecule has 0 heterocycles. The molecule has 4 amide bonds. The monoisotopic (exact) mass is 361 g/mol. The second-order valence-corrected chi connectivity index (χ2v) is 4.93. The number of hydrogen-bond donors (Lipinski definition) is 10. The molecule has 0 spiro atoms. The fourth-order valence-corrected chi connectivity index (χ4v) is 1.81. The van der Waals surface area contributed by atoms with Gasteiger partial charge >= 0.3 is 5.96 Å². The Morgan fingerprint density at radius 1 is 0.800 bits per heavy atom. The van der Waals surface area contributed by atoms with Crippen molar-refractivity contribution < 1.29 is 24.2 Å². The van der Waals surface area contributed by atoms with Crippen LogP contribution < -0.4 is 55.6 Å². The first-order valence-corrected chi connectivity index (χ1v) is 7.19. The number of carbonyl (C=O) groups excluding carboxylic acids is 4. The SMILES string of the molecule is NNC(=O)CCC([NH+]=C(N)N)C(=O)N[C@@H](CCC(=O)NN)C(=O)NN. The van der Waals surface area contributed by atoms with Gasteiger partial charge in [0.15, 0.2) is 6.04 Å². The number of guanidine groups is 1.